The van der Waals surface area contributed by atoms with Gasteiger partial charge in [0.15, 0.2) is 0 Å². The van der Waals surface area contributed by atoms with Crippen LogP contribution < -0.4 is 0 Å². The van der Waals surface area contributed by atoms with Crippen molar-refractivity contribution in [2.75, 3.05) is 6.61 Å². The maximum atomic E-state index is 11.4. The highest BCUT2D eigenvalue weighted by atomic mass is 16.5. The molecule has 0 heterocycles. The number of hydrogen-bond donors (Lipinski definition) is 0. The van der Waals surface area contributed by atoms with Gasteiger partial charge < -0.3 is 4.74 Å². The van der Waals surface area contributed by atoms with Crippen LogP contribution in [0.2, 0.25) is 0 Å². The number of carbonyl (C=O) groups excluding carboxylic acids is 1. The van der Waals surface area contributed by atoms with Gasteiger partial charge in [-0.25, -0.2) is 0 Å². The van der Waals surface area contributed by atoms with Crippen molar-refractivity contribution in [1.82, 2.24) is 0 Å². The summed E-state index contributed by atoms with van der Waals surface area (Å²) >= 11 is 0. The maximum absolute atomic E-state index is 11.4. The normalized spacial score (nSPS) is 10.9. The fourth-order valence-electron chi connectivity index (χ4n) is 1.96. The van der Waals surface area contributed by atoms with E-state index in [-0.39, 0.29) is 5.97 Å². The number of carbonyl (C=O) groups is 1. The predicted octanol–water partition coefficient (Wildman–Crippen LogP) is 5.11. The topological polar surface area (TPSA) is 26.3 Å². The number of hydrogen-bond acceptors (Lipinski definition) is 2. The van der Waals surface area contributed by atoms with Gasteiger partial charge in [-0.2, -0.15) is 0 Å². The molecule has 0 radical (unpaired) electrons. The monoisotopic (exact) mass is 256 g/mol. The minimum Gasteiger partial charge on any atom is -0.466 e. The highest BCUT2D eigenvalue weighted by molar-refractivity contribution is 5.69. The highest BCUT2D eigenvalue weighted by Crippen LogP contribution is 2.11. The Labute approximate surface area is 113 Å². The van der Waals surface area contributed by atoms with Crippen LogP contribution in [0.3, 0.4) is 0 Å². The molecule has 0 aliphatic heterocycles. The SMILES string of the molecule is CCCCCOC(=O)CCCCCCCC(C)C. The van der Waals surface area contributed by atoms with E-state index in [1.165, 1.54) is 38.5 Å². The van der Waals surface area contributed by atoms with E-state index in [1.807, 2.05) is 0 Å². The molecule has 18 heavy (non-hydrogen) atoms. The third kappa shape index (κ3) is 13.5. The van der Waals surface area contributed by atoms with E-state index in [0.29, 0.717) is 13.0 Å². The van der Waals surface area contributed by atoms with Crippen molar-refractivity contribution in [3.8, 4) is 0 Å². The van der Waals surface area contributed by atoms with Gasteiger partial charge in [0.2, 0.25) is 0 Å². The van der Waals surface area contributed by atoms with Crippen molar-refractivity contribution in [2.24, 2.45) is 5.92 Å². The lowest BCUT2D eigenvalue weighted by Crippen LogP contribution is -2.05. The first-order valence-electron chi connectivity index (χ1n) is 7.82. The molecule has 0 saturated heterocycles. The van der Waals surface area contributed by atoms with Gasteiger partial charge in [-0.15, -0.1) is 0 Å². The molecule has 0 aliphatic rings. The van der Waals surface area contributed by atoms with Crippen molar-refractivity contribution < 1.29 is 9.53 Å². The molecular weight excluding hydrogens is 224 g/mol. The summed E-state index contributed by atoms with van der Waals surface area (Å²) in [5, 5.41) is 0. The Morgan fingerprint density at radius 1 is 0.944 bits per heavy atom. The lowest BCUT2D eigenvalue weighted by Gasteiger charge is -2.05. The summed E-state index contributed by atoms with van der Waals surface area (Å²) in [4.78, 5) is 11.4. The molecule has 108 valence electrons. The Hall–Kier alpha value is -0.530. The second-order valence-corrected chi connectivity index (χ2v) is 5.63. The van der Waals surface area contributed by atoms with E-state index in [9.17, 15) is 4.79 Å². The number of unbranched alkanes of at least 4 members (excludes halogenated alkanes) is 6. The number of esters is 1. The van der Waals surface area contributed by atoms with E-state index < -0.39 is 0 Å². The Kier molecular flexibility index (Phi) is 12.5. The summed E-state index contributed by atoms with van der Waals surface area (Å²) in [7, 11) is 0. The Morgan fingerprint density at radius 3 is 2.28 bits per heavy atom. The van der Waals surface area contributed by atoms with Gasteiger partial charge in [0.1, 0.15) is 0 Å². The minimum absolute atomic E-state index is 0.00622. The predicted molar refractivity (Wildman–Crippen MR) is 77.6 cm³/mol. The van der Waals surface area contributed by atoms with Gasteiger partial charge in [0.25, 0.3) is 0 Å². The molecule has 0 rings (SSSR count). The van der Waals surface area contributed by atoms with Crippen LogP contribution >= 0.6 is 0 Å². The average molecular weight is 256 g/mol. The van der Waals surface area contributed by atoms with Crippen LogP contribution in [0.25, 0.3) is 0 Å². The molecule has 0 atom stereocenters. The van der Waals surface area contributed by atoms with Gasteiger partial charge in [0.05, 0.1) is 6.61 Å². The maximum Gasteiger partial charge on any atom is 0.305 e. The van der Waals surface area contributed by atoms with E-state index in [0.717, 1.165) is 25.2 Å². The molecule has 0 fully saturated rings. The Balaban J connectivity index is 3.15. The zero-order chi connectivity index (χ0) is 13.6. The van der Waals surface area contributed by atoms with Crippen molar-refractivity contribution in [1.29, 1.82) is 0 Å². The summed E-state index contributed by atoms with van der Waals surface area (Å²) in [5.74, 6) is 0.816. The van der Waals surface area contributed by atoms with E-state index in [1.54, 1.807) is 0 Å². The molecule has 2 heteroatoms. The molecule has 0 aromatic rings. The molecule has 0 spiro atoms. The molecule has 0 amide bonds. The lowest BCUT2D eigenvalue weighted by molar-refractivity contribution is -0.143. The minimum atomic E-state index is -0.00622. The summed E-state index contributed by atoms with van der Waals surface area (Å²) in [6.45, 7) is 7.31. The summed E-state index contributed by atoms with van der Waals surface area (Å²) in [6.07, 6.45) is 11.3. The van der Waals surface area contributed by atoms with Crippen molar-refractivity contribution in [3.05, 3.63) is 0 Å². The van der Waals surface area contributed by atoms with E-state index >= 15 is 0 Å². The molecule has 0 aromatic carbocycles. The van der Waals surface area contributed by atoms with Gasteiger partial charge >= 0.3 is 5.97 Å². The van der Waals surface area contributed by atoms with Crippen molar-refractivity contribution in [2.45, 2.75) is 85.0 Å². The fourth-order valence-corrected chi connectivity index (χ4v) is 1.96. The van der Waals surface area contributed by atoms with Crippen LogP contribution in [0.15, 0.2) is 0 Å². The largest absolute Gasteiger partial charge is 0.466 e. The molecule has 0 aliphatic carbocycles. The lowest BCUT2D eigenvalue weighted by atomic mass is 10.0. The van der Waals surface area contributed by atoms with Crippen LogP contribution in [0.1, 0.15) is 85.0 Å². The Bertz CT molecular complexity index is 188. The first-order valence-corrected chi connectivity index (χ1v) is 7.82. The summed E-state index contributed by atoms with van der Waals surface area (Å²) in [5.41, 5.74) is 0. The molecular formula is C16H32O2. The number of ether oxygens (including phenoxy) is 1. The van der Waals surface area contributed by atoms with Gasteiger partial charge in [-0.05, 0) is 18.8 Å². The van der Waals surface area contributed by atoms with Crippen molar-refractivity contribution in [3.63, 3.8) is 0 Å². The van der Waals surface area contributed by atoms with Crippen LogP contribution in [0, 0.1) is 5.92 Å². The quantitative estimate of drug-likeness (QED) is 0.358. The third-order valence-electron chi connectivity index (χ3n) is 3.17. The first kappa shape index (κ1) is 17.5. The zero-order valence-electron chi connectivity index (χ0n) is 12.7. The molecule has 0 bridgehead atoms. The van der Waals surface area contributed by atoms with Crippen LogP contribution in [0.4, 0.5) is 0 Å². The second-order valence-electron chi connectivity index (χ2n) is 5.63. The molecule has 0 saturated carbocycles. The molecule has 0 N–H and O–H groups in total. The molecule has 0 aromatic heterocycles. The first-order chi connectivity index (χ1) is 8.66. The number of rotatable bonds is 12. The van der Waals surface area contributed by atoms with Gasteiger partial charge in [-0.3, -0.25) is 4.79 Å². The zero-order valence-corrected chi connectivity index (χ0v) is 12.7. The van der Waals surface area contributed by atoms with Crippen LogP contribution in [-0.4, -0.2) is 12.6 Å². The molecule has 2 nitrogen and oxygen atoms in total. The smallest absolute Gasteiger partial charge is 0.305 e. The van der Waals surface area contributed by atoms with E-state index in [4.69, 9.17) is 4.74 Å². The Morgan fingerprint density at radius 2 is 1.61 bits per heavy atom. The standard InChI is InChI=1S/C16H32O2/c1-4-5-11-14-18-16(17)13-10-8-6-7-9-12-15(2)3/h15H,4-14H2,1-3H3. The summed E-state index contributed by atoms with van der Waals surface area (Å²) < 4.78 is 5.16. The second kappa shape index (κ2) is 12.9. The summed E-state index contributed by atoms with van der Waals surface area (Å²) in [6, 6.07) is 0. The van der Waals surface area contributed by atoms with Crippen LogP contribution in [-0.2, 0) is 9.53 Å². The van der Waals surface area contributed by atoms with Crippen LogP contribution in [0.5, 0.6) is 0 Å². The van der Waals surface area contributed by atoms with Gasteiger partial charge in [0, 0.05) is 6.42 Å². The van der Waals surface area contributed by atoms with E-state index in [2.05, 4.69) is 20.8 Å². The van der Waals surface area contributed by atoms with Gasteiger partial charge in [-0.1, -0.05) is 65.7 Å². The molecule has 0 unspecified atom stereocenters. The highest BCUT2D eigenvalue weighted by Gasteiger charge is 2.02. The third-order valence-corrected chi connectivity index (χ3v) is 3.17. The fraction of sp³-hybridized carbons (Fsp3) is 0.938. The average Bonchev–Trinajstić information content (AvgIpc) is 2.33. The van der Waals surface area contributed by atoms with Crippen molar-refractivity contribution >= 4 is 5.97 Å².